The Morgan fingerprint density at radius 1 is 1.67 bits per heavy atom. The van der Waals surface area contributed by atoms with Crippen LogP contribution in [0.3, 0.4) is 0 Å². The van der Waals surface area contributed by atoms with E-state index in [0.717, 1.165) is 17.8 Å². The number of hydrogen-bond donors (Lipinski definition) is 1. The molecule has 0 radical (unpaired) electrons. The van der Waals surface area contributed by atoms with Gasteiger partial charge in [0.2, 0.25) is 0 Å². The van der Waals surface area contributed by atoms with Crippen molar-refractivity contribution in [2.75, 3.05) is 0 Å². The molecule has 3 atom stereocenters. The van der Waals surface area contributed by atoms with Crippen LogP contribution in [-0.2, 0) is 7.05 Å². The molecule has 1 heterocycles. The molecule has 0 bridgehead atoms. The van der Waals surface area contributed by atoms with Crippen LogP contribution in [0.2, 0.25) is 0 Å². The van der Waals surface area contributed by atoms with E-state index in [1.165, 1.54) is 19.3 Å². The third-order valence-corrected chi connectivity index (χ3v) is 3.29. The summed E-state index contributed by atoms with van der Waals surface area (Å²) in [5, 5.41) is 3.65. The van der Waals surface area contributed by atoms with Gasteiger partial charge in [-0.05, 0) is 25.7 Å². The van der Waals surface area contributed by atoms with E-state index in [9.17, 15) is 0 Å². The lowest BCUT2D eigenvalue weighted by molar-refractivity contribution is 0.499. The van der Waals surface area contributed by atoms with Gasteiger partial charge in [0, 0.05) is 25.5 Å². The van der Waals surface area contributed by atoms with Crippen LogP contribution < -0.4 is 5.32 Å². The molecule has 1 aromatic heterocycles. The molecule has 15 heavy (non-hydrogen) atoms. The quantitative estimate of drug-likeness (QED) is 0.802. The van der Waals surface area contributed by atoms with Crippen LogP contribution in [0.15, 0.2) is 12.4 Å². The third-order valence-electron chi connectivity index (χ3n) is 3.29. The third kappa shape index (κ3) is 2.40. The number of aryl methyl sites for hydroxylation is 1. The fourth-order valence-corrected chi connectivity index (χ4v) is 2.33. The van der Waals surface area contributed by atoms with E-state index in [1.807, 2.05) is 12.4 Å². The zero-order valence-corrected chi connectivity index (χ0v) is 9.90. The van der Waals surface area contributed by atoms with E-state index >= 15 is 0 Å². The van der Waals surface area contributed by atoms with Gasteiger partial charge in [-0.3, -0.25) is 0 Å². The van der Waals surface area contributed by atoms with Crippen LogP contribution in [-0.4, -0.2) is 15.6 Å². The molecule has 3 heteroatoms. The summed E-state index contributed by atoms with van der Waals surface area (Å²) in [6, 6.07) is 1.11. The van der Waals surface area contributed by atoms with Gasteiger partial charge in [0.15, 0.2) is 0 Å². The van der Waals surface area contributed by atoms with E-state index in [2.05, 4.69) is 35.8 Å². The average molecular weight is 207 g/mol. The zero-order valence-electron chi connectivity index (χ0n) is 9.90. The number of aromatic nitrogens is 2. The largest absolute Gasteiger partial charge is 0.337 e. The van der Waals surface area contributed by atoms with Crippen molar-refractivity contribution in [2.24, 2.45) is 13.0 Å². The highest BCUT2D eigenvalue weighted by molar-refractivity contribution is 5.01. The first kappa shape index (κ1) is 10.7. The van der Waals surface area contributed by atoms with E-state index in [0.29, 0.717) is 6.04 Å². The van der Waals surface area contributed by atoms with Gasteiger partial charge in [0.05, 0.1) is 6.04 Å². The lowest BCUT2D eigenvalue weighted by Gasteiger charge is -2.13. The highest BCUT2D eigenvalue weighted by atomic mass is 15.1. The molecule has 3 nitrogen and oxygen atoms in total. The molecule has 1 saturated carbocycles. The molecule has 0 saturated heterocycles. The van der Waals surface area contributed by atoms with Crippen molar-refractivity contribution in [3.63, 3.8) is 0 Å². The van der Waals surface area contributed by atoms with Crippen LogP contribution in [0.1, 0.15) is 45.0 Å². The number of nitrogens with one attached hydrogen (secondary N) is 1. The summed E-state index contributed by atoms with van der Waals surface area (Å²) < 4.78 is 2.09. The second kappa shape index (κ2) is 4.35. The minimum Gasteiger partial charge on any atom is -0.337 e. The van der Waals surface area contributed by atoms with Gasteiger partial charge in [-0.2, -0.15) is 0 Å². The number of imidazole rings is 1. The van der Waals surface area contributed by atoms with Gasteiger partial charge in [-0.1, -0.05) is 13.3 Å². The van der Waals surface area contributed by atoms with Crippen molar-refractivity contribution < 1.29 is 0 Å². The number of hydrogen-bond acceptors (Lipinski definition) is 2. The average Bonchev–Trinajstić information content (AvgIpc) is 2.76. The van der Waals surface area contributed by atoms with Gasteiger partial charge in [0.1, 0.15) is 5.82 Å². The topological polar surface area (TPSA) is 29.9 Å². The van der Waals surface area contributed by atoms with Gasteiger partial charge >= 0.3 is 0 Å². The molecule has 3 unspecified atom stereocenters. The van der Waals surface area contributed by atoms with Gasteiger partial charge in [-0.25, -0.2) is 4.98 Å². The molecule has 1 aromatic rings. The minimum atomic E-state index is 0.372. The molecule has 0 aromatic carbocycles. The van der Waals surface area contributed by atoms with Crippen LogP contribution in [0.4, 0.5) is 0 Å². The summed E-state index contributed by atoms with van der Waals surface area (Å²) >= 11 is 0. The Bertz CT molecular complexity index is 318. The van der Waals surface area contributed by atoms with Gasteiger partial charge < -0.3 is 9.88 Å². The molecule has 1 N–H and O–H groups in total. The predicted octanol–water partition coefficient (Wildman–Crippen LogP) is 2.26. The molecule has 84 valence electrons. The van der Waals surface area contributed by atoms with E-state index in [1.54, 1.807) is 0 Å². The number of rotatable bonds is 5. The Morgan fingerprint density at radius 3 is 3.07 bits per heavy atom. The molecular weight excluding hydrogens is 186 g/mol. The summed E-state index contributed by atoms with van der Waals surface area (Å²) in [5.74, 6) is 2.05. The normalized spacial score (nSPS) is 26.6. The van der Waals surface area contributed by atoms with Crippen molar-refractivity contribution in [2.45, 2.75) is 45.2 Å². The fraction of sp³-hybridized carbons (Fsp3) is 0.750. The molecule has 2 rings (SSSR count). The highest BCUT2D eigenvalue weighted by Crippen LogP contribution is 2.36. The summed E-state index contributed by atoms with van der Waals surface area (Å²) in [5.41, 5.74) is 0. The van der Waals surface area contributed by atoms with Crippen LogP contribution in [0.5, 0.6) is 0 Å². The molecule has 0 spiro atoms. The van der Waals surface area contributed by atoms with E-state index in [4.69, 9.17) is 0 Å². The standard InChI is InChI=1S/C12H21N3/c1-4-5-10-8-11(10)14-9(2)12-13-6-7-15(12)3/h6-7,9-11,14H,4-5,8H2,1-3H3. The summed E-state index contributed by atoms with van der Waals surface area (Å²) in [4.78, 5) is 4.37. The SMILES string of the molecule is CCCC1CC1NC(C)c1nccn1C. The fourth-order valence-electron chi connectivity index (χ4n) is 2.33. The summed E-state index contributed by atoms with van der Waals surface area (Å²) in [6.45, 7) is 4.46. The molecule has 1 fully saturated rings. The first-order valence-corrected chi connectivity index (χ1v) is 5.95. The Balaban J connectivity index is 1.84. The first-order valence-electron chi connectivity index (χ1n) is 5.95. The summed E-state index contributed by atoms with van der Waals surface area (Å²) in [6.07, 6.45) is 7.89. The maximum Gasteiger partial charge on any atom is 0.125 e. The summed E-state index contributed by atoms with van der Waals surface area (Å²) in [7, 11) is 2.05. The van der Waals surface area contributed by atoms with E-state index < -0.39 is 0 Å². The Kier molecular flexibility index (Phi) is 3.10. The zero-order chi connectivity index (χ0) is 10.8. The second-order valence-corrected chi connectivity index (χ2v) is 4.68. The lowest BCUT2D eigenvalue weighted by atomic mass is 10.2. The van der Waals surface area contributed by atoms with Crippen molar-refractivity contribution in [3.8, 4) is 0 Å². The second-order valence-electron chi connectivity index (χ2n) is 4.68. The van der Waals surface area contributed by atoms with Gasteiger partial charge in [-0.15, -0.1) is 0 Å². The van der Waals surface area contributed by atoms with Crippen LogP contribution in [0, 0.1) is 5.92 Å². The Labute approximate surface area is 91.9 Å². The Hall–Kier alpha value is -0.830. The smallest absolute Gasteiger partial charge is 0.125 e. The minimum absolute atomic E-state index is 0.372. The number of nitrogens with zero attached hydrogens (tertiary/aromatic N) is 2. The van der Waals surface area contributed by atoms with Crippen molar-refractivity contribution >= 4 is 0 Å². The Morgan fingerprint density at radius 2 is 2.47 bits per heavy atom. The highest BCUT2D eigenvalue weighted by Gasteiger charge is 2.37. The first-order chi connectivity index (χ1) is 7.22. The molecule has 1 aliphatic carbocycles. The maximum absolute atomic E-state index is 4.37. The van der Waals surface area contributed by atoms with Crippen molar-refractivity contribution in [1.29, 1.82) is 0 Å². The monoisotopic (exact) mass is 207 g/mol. The van der Waals surface area contributed by atoms with Crippen LogP contribution >= 0.6 is 0 Å². The van der Waals surface area contributed by atoms with E-state index in [-0.39, 0.29) is 0 Å². The predicted molar refractivity (Wildman–Crippen MR) is 61.6 cm³/mol. The van der Waals surface area contributed by atoms with Gasteiger partial charge in [0.25, 0.3) is 0 Å². The molecule has 1 aliphatic rings. The molecular formula is C12H21N3. The lowest BCUT2D eigenvalue weighted by Crippen LogP contribution is -2.24. The molecule has 0 amide bonds. The molecule has 0 aliphatic heterocycles. The van der Waals surface area contributed by atoms with Crippen molar-refractivity contribution in [1.82, 2.24) is 14.9 Å². The maximum atomic E-state index is 4.37. The van der Waals surface area contributed by atoms with Crippen molar-refractivity contribution in [3.05, 3.63) is 18.2 Å². The van der Waals surface area contributed by atoms with Crippen LogP contribution in [0.25, 0.3) is 0 Å².